The molecule has 0 bridgehead atoms. The number of nitrogens with zero attached hydrogens (tertiary/aromatic N) is 2. The fraction of sp³-hybridized carbons (Fsp3) is 0.367. The third kappa shape index (κ3) is 8.43. The normalized spacial score (nSPS) is 12.5. The fourth-order valence-corrected chi connectivity index (χ4v) is 4.09. The van der Waals surface area contributed by atoms with Crippen molar-refractivity contribution in [3.8, 4) is 22.8 Å². The molecule has 7 nitrogen and oxygen atoms in total. The summed E-state index contributed by atoms with van der Waals surface area (Å²) in [5.41, 5.74) is 10.1. The molecular weight excluding hydrogens is 462 g/mol. The Morgan fingerprint density at radius 3 is 2.38 bits per heavy atom. The van der Waals surface area contributed by atoms with E-state index in [2.05, 4.69) is 22.1 Å². The summed E-state index contributed by atoms with van der Waals surface area (Å²) >= 11 is 0. The van der Waals surface area contributed by atoms with Crippen LogP contribution in [0.2, 0.25) is 0 Å². The summed E-state index contributed by atoms with van der Waals surface area (Å²) in [5.74, 6) is 0.874. The van der Waals surface area contributed by atoms with Crippen LogP contribution in [0.3, 0.4) is 0 Å². The summed E-state index contributed by atoms with van der Waals surface area (Å²) < 4.78 is 5.97. The molecule has 1 aromatic heterocycles. The molecule has 0 saturated carbocycles. The second-order valence-electron chi connectivity index (χ2n) is 8.35. The van der Waals surface area contributed by atoms with Gasteiger partial charge in [-0.05, 0) is 74.8 Å². The first-order valence-electron chi connectivity index (χ1n) is 13.1. The monoisotopic (exact) mass is 505 g/mol. The quantitative estimate of drug-likeness (QED) is 0.299. The summed E-state index contributed by atoms with van der Waals surface area (Å²) in [4.78, 5) is 18.5. The van der Waals surface area contributed by atoms with E-state index in [4.69, 9.17) is 15.9 Å². The van der Waals surface area contributed by atoms with Crippen LogP contribution in [0.1, 0.15) is 63.4 Å². The number of pyridine rings is 1. The van der Waals surface area contributed by atoms with Gasteiger partial charge in [0.25, 0.3) is 0 Å². The number of carbonyl (C=O) groups is 1. The highest BCUT2D eigenvalue weighted by molar-refractivity contribution is 5.95. The Labute approximate surface area is 223 Å². The first-order chi connectivity index (χ1) is 18.0. The van der Waals surface area contributed by atoms with E-state index in [1.165, 1.54) is 38.7 Å². The minimum Gasteiger partial charge on any atom is -0.457 e. The number of benzene rings is 2. The van der Waals surface area contributed by atoms with Crippen LogP contribution in [0.15, 0.2) is 54.7 Å². The highest BCUT2D eigenvalue weighted by Crippen LogP contribution is 2.29. The number of likely N-dealkylation sites (tertiary alicyclic amines) is 1. The molecule has 200 valence electrons. The first kappa shape index (κ1) is 29.5. The molecule has 1 aliphatic rings. The molecule has 7 heteroatoms. The number of rotatable bonds is 8. The lowest BCUT2D eigenvalue weighted by Gasteiger charge is -2.11. The number of primary amides is 1. The van der Waals surface area contributed by atoms with Gasteiger partial charge in [-0.25, -0.2) is 0 Å². The number of nitrogens with two attached hydrogens (primary N) is 1. The molecule has 0 atom stereocenters. The minimum absolute atomic E-state index is 0. The molecule has 4 N–H and O–H groups in total. The third-order valence-electron chi connectivity index (χ3n) is 6.11. The van der Waals surface area contributed by atoms with Gasteiger partial charge >= 0.3 is 0 Å². The van der Waals surface area contributed by atoms with Gasteiger partial charge in [0.1, 0.15) is 11.5 Å². The Kier molecular flexibility index (Phi) is 12.3. The van der Waals surface area contributed by atoms with Crippen molar-refractivity contribution < 1.29 is 11.0 Å². The van der Waals surface area contributed by atoms with Gasteiger partial charge in [-0.15, -0.1) is 0 Å². The molecule has 1 saturated heterocycles. The van der Waals surface area contributed by atoms with Crippen LogP contribution in [0, 0.1) is 5.41 Å². The second-order valence-corrected chi connectivity index (χ2v) is 8.35. The van der Waals surface area contributed by atoms with E-state index in [-0.39, 0.29) is 1.43 Å². The molecule has 3 aromatic rings. The number of nitrogens with one attached hydrogen (secondary N) is 2. The summed E-state index contributed by atoms with van der Waals surface area (Å²) in [5, 5.41) is 10.5. The zero-order valence-corrected chi connectivity index (χ0v) is 22.8. The van der Waals surface area contributed by atoms with Crippen LogP contribution in [0.4, 0.5) is 5.69 Å². The fourth-order valence-electron chi connectivity index (χ4n) is 4.09. The largest absolute Gasteiger partial charge is 0.457 e. The SMILES string of the molecule is CC.CCN1CCCC1.CCc1cc(-c2cc(Oc3ccc(C=N)c(NC)c3)ccn2)ccc1C(N)=O.[HH]. The zero-order valence-electron chi connectivity index (χ0n) is 22.8. The Hall–Kier alpha value is -3.71. The van der Waals surface area contributed by atoms with Gasteiger partial charge in [-0.1, -0.05) is 33.8 Å². The van der Waals surface area contributed by atoms with Gasteiger partial charge in [-0.3, -0.25) is 9.78 Å². The molecule has 2 heterocycles. The van der Waals surface area contributed by atoms with E-state index in [1.54, 1.807) is 25.4 Å². The van der Waals surface area contributed by atoms with Gasteiger partial charge in [0.05, 0.1) is 5.69 Å². The van der Waals surface area contributed by atoms with Crippen LogP contribution in [-0.2, 0) is 6.42 Å². The minimum atomic E-state index is -0.429. The third-order valence-corrected chi connectivity index (χ3v) is 6.11. The lowest BCUT2D eigenvalue weighted by molar-refractivity contribution is 0.0999. The molecule has 0 spiro atoms. The Balaban J connectivity index is 0.000000618. The van der Waals surface area contributed by atoms with Gasteiger partial charge < -0.3 is 26.1 Å². The Morgan fingerprint density at radius 2 is 1.81 bits per heavy atom. The molecule has 4 rings (SSSR count). The molecule has 0 aliphatic carbocycles. The topological polar surface area (TPSA) is 104 Å². The van der Waals surface area contributed by atoms with Crippen LogP contribution in [-0.4, -0.2) is 48.7 Å². The number of aryl methyl sites for hydroxylation is 1. The van der Waals surface area contributed by atoms with Crippen molar-refractivity contribution in [1.29, 1.82) is 5.41 Å². The van der Waals surface area contributed by atoms with Crippen LogP contribution in [0.5, 0.6) is 11.5 Å². The molecule has 1 amide bonds. The second kappa shape index (κ2) is 15.4. The van der Waals surface area contributed by atoms with Crippen LogP contribution < -0.4 is 15.8 Å². The number of anilines is 1. The number of ether oxygens (including phenoxy) is 1. The smallest absolute Gasteiger partial charge is 0.248 e. The van der Waals surface area contributed by atoms with E-state index in [0.29, 0.717) is 23.5 Å². The maximum atomic E-state index is 11.6. The number of amides is 1. The molecule has 37 heavy (non-hydrogen) atoms. The molecule has 2 aromatic carbocycles. The zero-order chi connectivity index (χ0) is 27.2. The predicted octanol–water partition coefficient (Wildman–Crippen LogP) is 6.62. The van der Waals surface area contributed by atoms with Crippen molar-refractivity contribution in [3.63, 3.8) is 0 Å². The molecule has 1 fully saturated rings. The Bertz CT molecular complexity index is 1160. The summed E-state index contributed by atoms with van der Waals surface area (Å²) in [7, 11) is 1.80. The van der Waals surface area contributed by atoms with E-state index in [1.807, 2.05) is 57.2 Å². The van der Waals surface area contributed by atoms with Crippen molar-refractivity contribution >= 4 is 17.8 Å². The summed E-state index contributed by atoms with van der Waals surface area (Å²) in [6.45, 7) is 12.1. The van der Waals surface area contributed by atoms with E-state index in [9.17, 15) is 4.79 Å². The number of hydrogen-bond donors (Lipinski definition) is 3. The number of carbonyl (C=O) groups excluding carboxylic acids is 1. The molecule has 0 radical (unpaired) electrons. The lowest BCUT2D eigenvalue weighted by Crippen LogP contribution is -2.17. The maximum Gasteiger partial charge on any atom is 0.248 e. The highest BCUT2D eigenvalue weighted by atomic mass is 16.5. The van der Waals surface area contributed by atoms with Crippen molar-refractivity contribution in [1.82, 2.24) is 9.88 Å². The van der Waals surface area contributed by atoms with Crippen molar-refractivity contribution in [2.24, 2.45) is 5.73 Å². The average Bonchev–Trinajstić information content (AvgIpc) is 3.48. The van der Waals surface area contributed by atoms with E-state index in [0.717, 1.165) is 28.1 Å². The van der Waals surface area contributed by atoms with E-state index >= 15 is 0 Å². The maximum absolute atomic E-state index is 11.6. The predicted molar refractivity (Wildman–Crippen MR) is 156 cm³/mol. The van der Waals surface area contributed by atoms with Crippen LogP contribution in [0.25, 0.3) is 11.3 Å². The number of hydrogen-bond acceptors (Lipinski definition) is 6. The van der Waals surface area contributed by atoms with Crippen molar-refractivity contribution in [2.75, 3.05) is 32.0 Å². The van der Waals surface area contributed by atoms with Crippen LogP contribution >= 0.6 is 0 Å². The number of aromatic nitrogens is 1. The average molecular weight is 506 g/mol. The first-order valence-corrected chi connectivity index (χ1v) is 13.1. The van der Waals surface area contributed by atoms with E-state index < -0.39 is 5.91 Å². The molecule has 0 unspecified atom stereocenters. The molecule has 1 aliphatic heterocycles. The van der Waals surface area contributed by atoms with Crippen molar-refractivity contribution in [2.45, 2.75) is 47.0 Å². The standard InChI is InChI=1S/C22H22N4O2.C6H13N.C2H6.H2/c1-3-14-10-15(5-7-19(14)22(24)27)21-12-18(8-9-26-21)28-17-6-4-16(13-23)20(11-17)25-2;1-2-7-5-3-4-6-7;1-2;/h4-13,23,25H,3H2,1-2H3,(H2,24,27);2-6H2,1H3;1-2H3;1H. The van der Waals surface area contributed by atoms with Gasteiger partial charge in [0, 0.05) is 55.4 Å². The van der Waals surface area contributed by atoms with Gasteiger partial charge in [0.2, 0.25) is 5.91 Å². The Morgan fingerprint density at radius 1 is 1.11 bits per heavy atom. The van der Waals surface area contributed by atoms with Gasteiger partial charge in [-0.2, -0.15) is 0 Å². The molecular formula is C30H43N5O2. The lowest BCUT2D eigenvalue weighted by atomic mass is 9.99. The summed E-state index contributed by atoms with van der Waals surface area (Å²) in [6, 6.07) is 14.6. The van der Waals surface area contributed by atoms with Crippen molar-refractivity contribution in [3.05, 3.63) is 71.4 Å². The summed E-state index contributed by atoms with van der Waals surface area (Å²) in [6.07, 6.45) is 6.53. The van der Waals surface area contributed by atoms with Gasteiger partial charge in [0.15, 0.2) is 0 Å². The highest BCUT2D eigenvalue weighted by Gasteiger charge is 2.11.